The van der Waals surface area contributed by atoms with Crippen LogP contribution in [-0.2, 0) is 0 Å². The highest BCUT2D eigenvalue weighted by molar-refractivity contribution is 6.29. The van der Waals surface area contributed by atoms with Gasteiger partial charge >= 0.3 is 0 Å². The predicted octanol–water partition coefficient (Wildman–Crippen LogP) is 6.14. The molecule has 0 saturated heterocycles. The van der Waals surface area contributed by atoms with Crippen LogP contribution in [0.15, 0.2) is 42.6 Å². The van der Waals surface area contributed by atoms with Gasteiger partial charge < -0.3 is 4.74 Å². The van der Waals surface area contributed by atoms with Crippen molar-refractivity contribution in [2.24, 2.45) is 0 Å². The number of hydrogen-bond acceptors (Lipinski definition) is 2. The Morgan fingerprint density at radius 1 is 0.864 bits per heavy atom. The average molecular weight is 318 g/mol. The topological polar surface area (TPSA) is 22.1 Å². The quantitative estimate of drug-likeness (QED) is 0.409. The summed E-state index contributed by atoms with van der Waals surface area (Å²) in [6.07, 6.45) is 9.49. The zero-order chi connectivity index (χ0) is 15.6. The van der Waals surface area contributed by atoms with Gasteiger partial charge in [-0.25, -0.2) is 4.98 Å². The molecule has 2 aromatic rings. The highest BCUT2D eigenvalue weighted by Gasteiger charge is 2.00. The molecule has 0 saturated carbocycles. The van der Waals surface area contributed by atoms with E-state index in [-0.39, 0.29) is 0 Å². The van der Waals surface area contributed by atoms with Crippen LogP contribution in [0, 0.1) is 0 Å². The van der Waals surface area contributed by atoms with Crippen molar-refractivity contribution in [1.82, 2.24) is 4.98 Å². The van der Waals surface area contributed by atoms with E-state index >= 15 is 0 Å². The fourth-order valence-corrected chi connectivity index (χ4v) is 2.47. The molecule has 22 heavy (non-hydrogen) atoms. The third kappa shape index (κ3) is 5.69. The SMILES string of the molecule is CCCCCCCCOc1ccc(-c2ccc(Cl)nc2)cc1. The normalized spacial score (nSPS) is 10.6. The number of unbranched alkanes of at least 4 members (excludes halogenated alkanes) is 5. The van der Waals surface area contributed by atoms with Crippen LogP contribution in [0.4, 0.5) is 0 Å². The summed E-state index contributed by atoms with van der Waals surface area (Å²) >= 11 is 5.80. The van der Waals surface area contributed by atoms with Gasteiger partial charge in [-0.1, -0.05) is 62.8 Å². The van der Waals surface area contributed by atoms with E-state index in [1.54, 1.807) is 12.3 Å². The Bertz CT molecular complexity index is 536. The summed E-state index contributed by atoms with van der Waals surface area (Å²) in [6, 6.07) is 11.9. The Labute approximate surface area is 138 Å². The van der Waals surface area contributed by atoms with E-state index in [4.69, 9.17) is 16.3 Å². The number of nitrogens with zero attached hydrogens (tertiary/aromatic N) is 1. The molecule has 2 rings (SSSR count). The van der Waals surface area contributed by atoms with Crippen molar-refractivity contribution >= 4 is 11.6 Å². The Kier molecular flexibility index (Phi) is 7.24. The lowest BCUT2D eigenvalue weighted by Crippen LogP contribution is -1.97. The van der Waals surface area contributed by atoms with Crippen LogP contribution in [0.5, 0.6) is 5.75 Å². The second-order valence-corrected chi connectivity index (χ2v) is 5.90. The van der Waals surface area contributed by atoms with Crippen LogP contribution in [0.25, 0.3) is 11.1 Å². The van der Waals surface area contributed by atoms with Crippen LogP contribution >= 0.6 is 11.6 Å². The monoisotopic (exact) mass is 317 g/mol. The minimum Gasteiger partial charge on any atom is -0.494 e. The van der Waals surface area contributed by atoms with Crippen LogP contribution in [0.2, 0.25) is 5.15 Å². The van der Waals surface area contributed by atoms with Gasteiger partial charge in [-0.3, -0.25) is 0 Å². The number of pyridine rings is 1. The van der Waals surface area contributed by atoms with Gasteiger partial charge in [0, 0.05) is 11.8 Å². The van der Waals surface area contributed by atoms with Crippen molar-refractivity contribution < 1.29 is 4.74 Å². The van der Waals surface area contributed by atoms with Gasteiger partial charge in [-0.2, -0.15) is 0 Å². The van der Waals surface area contributed by atoms with Crippen molar-refractivity contribution in [2.75, 3.05) is 6.61 Å². The number of hydrogen-bond donors (Lipinski definition) is 0. The molecule has 0 aliphatic carbocycles. The maximum atomic E-state index is 5.80. The molecule has 118 valence electrons. The molecule has 0 fully saturated rings. The van der Waals surface area contributed by atoms with Crippen LogP contribution in [0.1, 0.15) is 45.4 Å². The Morgan fingerprint density at radius 3 is 2.23 bits per heavy atom. The second-order valence-electron chi connectivity index (χ2n) is 5.51. The van der Waals surface area contributed by atoms with Crippen molar-refractivity contribution in [3.8, 4) is 16.9 Å². The minimum atomic E-state index is 0.516. The van der Waals surface area contributed by atoms with Gasteiger partial charge in [0.05, 0.1) is 6.61 Å². The van der Waals surface area contributed by atoms with E-state index in [1.807, 2.05) is 18.2 Å². The molecule has 0 aliphatic heterocycles. The smallest absolute Gasteiger partial charge is 0.129 e. The molecule has 0 bridgehead atoms. The fourth-order valence-electron chi connectivity index (χ4n) is 2.36. The lowest BCUT2D eigenvalue weighted by molar-refractivity contribution is 0.304. The van der Waals surface area contributed by atoms with E-state index in [9.17, 15) is 0 Å². The highest BCUT2D eigenvalue weighted by Crippen LogP contribution is 2.22. The lowest BCUT2D eigenvalue weighted by Gasteiger charge is -2.07. The first-order chi connectivity index (χ1) is 10.8. The molecule has 1 aromatic carbocycles. The van der Waals surface area contributed by atoms with Crippen molar-refractivity contribution in [3.63, 3.8) is 0 Å². The Morgan fingerprint density at radius 2 is 1.55 bits per heavy atom. The third-order valence-corrected chi connectivity index (χ3v) is 3.91. The van der Waals surface area contributed by atoms with Gasteiger partial charge in [0.2, 0.25) is 0 Å². The predicted molar refractivity (Wildman–Crippen MR) is 93.6 cm³/mol. The molecule has 1 aromatic heterocycles. The van der Waals surface area contributed by atoms with Gasteiger partial charge in [-0.05, 0) is 36.2 Å². The summed E-state index contributed by atoms with van der Waals surface area (Å²) in [4.78, 5) is 4.10. The minimum absolute atomic E-state index is 0.516. The zero-order valence-corrected chi connectivity index (χ0v) is 14.0. The highest BCUT2D eigenvalue weighted by atomic mass is 35.5. The van der Waals surface area contributed by atoms with Gasteiger partial charge in [-0.15, -0.1) is 0 Å². The summed E-state index contributed by atoms with van der Waals surface area (Å²) in [5.74, 6) is 0.930. The summed E-state index contributed by atoms with van der Waals surface area (Å²) in [5.41, 5.74) is 2.18. The van der Waals surface area contributed by atoms with E-state index in [1.165, 1.54) is 32.1 Å². The number of rotatable bonds is 9. The van der Waals surface area contributed by atoms with E-state index in [0.29, 0.717) is 5.15 Å². The number of benzene rings is 1. The van der Waals surface area contributed by atoms with E-state index < -0.39 is 0 Å². The fraction of sp³-hybridized carbons (Fsp3) is 0.421. The molecule has 0 amide bonds. The zero-order valence-electron chi connectivity index (χ0n) is 13.2. The van der Waals surface area contributed by atoms with E-state index in [2.05, 4.69) is 24.0 Å². The first-order valence-corrected chi connectivity index (χ1v) is 8.52. The summed E-state index contributed by atoms with van der Waals surface area (Å²) in [6.45, 7) is 3.04. The lowest BCUT2D eigenvalue weighted by atomic mass is 10.1. The molecule has 0 atom stereocenters. The average Bonchev–Trinajstić information content (AvgIpc) is 2.55. The summed E-state index contributed by atoms with van der Waals surface area (Å²) < 4.78 is 5.79. The molecule has 1 heterocycles. The van der Waals surface area contributed by atoms with Gasteiger partial charge in [0.25, 0.3) is 0 Å². The van der Waals surface area contributed by atoms with Crippen molar-refractivity contribution in [1.29, 1.82) is 0 Å². The number of ether oxygens (including phenoxy) is 1. The maximum Gasteiger partial charge on any atom is 0.129 e. The Hall–Kier alpha value is -1.54. The standard InChI is InChI=1S/C19H24ClNO/c1-2-3-4-5-6-7-14-22-18-11-8-16(9-12-18)17-10-13-19(20)21-15-17/h8-13,15H,2-7,14H2,1H3. The first-order valence-electron chi connectivity index (χ1n) is 8.14. The maximum absolute atomic E-state index is 5.80. The molecule has 0 N–H and O–H groups in total. The van der Waals surface area contributed by atoms with Crippen molar-refractivity contribution in [2.45, 2.75) is 45.4 Å². The second kappa shape index (κ2) is 9.47. The largest absolute Gasteiger partial charge is 0.494 e. The molecular formula is C19H24ClNO. The van der Waals surface area contributed by atoms with Gasteiger partial charge in [0.15, 0.2) is 0 Å². The van der Waals surface area contributed by atoms with Crippen LogP contribution < -0.4 is 4.74 Å². The molecule has 0 spiro atoms. The first kappa shape index (κ1) is 16.8. The third-order valence-electron chi connectivity index (χ3n) is 3.68. The summed E-state index contributed by atoms with van der Waals surface area (Å²) in [5, 5.41) is 0.516. The molecular weight excluding hydrogens is 294 g/mol. The summed E-state index contributed by atoms with van der Waals surface area (Å²) in [7, 11) is 0. The number of halogens is 1. The molecule has 3 heteroatoms. The van der Waals surface area contributed by atoms with Gasteiger partial charge in [0.1, 0.15) is 10.9 Å². The van der Waals surface area contributed by atoms with Crippen LogP contribution in [-0.4, -0.2) is 11.6 Å². The molecule has 0 radical (unpaired) electrons. The Balaban J connectivity index is 1.74. The molecule has 2 nitrogen and oxygen atoms in total. The van der Waals surface area contributed by atoms with E-state index in [0.717, 1.165) is 29.9 Å². The van der Waals surface area contributed by atoms with Crippen LogP contribution in [0.3, 0.4) is 0 Å². The number of aromatic nitrogens is 1. The molecule has 0 unspecified atom stereocenters. The molecule has 0 aliphatic rings. The van der Waals surface area contributed by atoms with Crippen molar-refractivity contribution in [3.05, 3.63) is 47.7 Å².